The quantitative estimate of drug-likeness (QED) is 0.805. The first-order valence-corrected chi connectivity index (χ1v) is 6.03. The third-order valence-corrected chi connectivity index (χ3v) is 3.23. The van der Waals surface area contributed by atoms with Crippen molar-refractivity contribution in [1.82, 2.24) is 0 Å². The van der Waals surface area contributed by atoms with Gasteiger partial charge in [0.25, 0.3) is 5.92 Å². The van der Waals surface area contributed by atoms with Gasteiger partial charge in [0.15, 0.2) is 0 Å². The Labute approximate surface area is 100 Å². The molecule has 1 aromatic rings. The molecule has 94 valence electrons. The van der Waals surface area contributed by atoms with Crippen LogP contribution in [0.25, 0.3) is 0 Å². The Morgan fingerprint density at radius 3 is 2.76 bits per heavy atom. The summed E-state index contributed by atoms with van der Waals surface area (Å²) in [6.45, 7) is 2.48. The molecule has 1 aromatic carbocycles. The Kier molecular flexibility index (Phi) is 3.22. The molecule has 1 aliphatic rings. The van der Waals surface area contributed by atoms with Gasteiger partial charge in [-0.1, -0.05) is 13.0 Å². The van der Waals surface area contributed by atoms with E-state index in [-0.39, 0.29) is 13.0 Å². The van der Waals surface area contributed by atoms with Gasteiger partial charge >= 0.3 is 0 Å². The second kappa shape index (κ2) is 4.51. The molecule has 2 rings (SSSR count). The minimum atomic E-state index is -2.59. The molecular formula is C13H18F2N2. The zero-order valence-electron chi connectivity index (χ0n) is 10.0. The van der Waals surface area contributed by atoms with Crippen molar-refractivity contribution >= 4 is 11.4 Å². The number of rotatable bonds is 2. The third kappa shape index (κ3) is 2.68. The molecule has 2 nitrogen and oxygen atoms in total. The summed E-state index contributed by atoms with van der Waals surface area (Å²) in [6, 6.07) is 5.69. The highest BCUT2D eigenvalue weighted by atomic mass is 19.3. The number of alkyl halides is 2. The number of hydrogen-bond acceptors (Lipinski definition) is 2. The fourth-order valence-corrected chi connectivity index (χ4v) is 2.28. The van der Waals surface area contributed by atoms with E-state index >= 15 is 0 Å². The maximum absolute atomic E-state index is 13.3. The van der Waals surface area contributed by atoms with Crippen LogP contribution < -0.4 is 10.6 Å². The number of piperidine rings is 1. The molecular weight excluding hydrogens is 222 g/mol. The van der Waals surface area contributed by atoms with E-state index in [1.54, 1.807) is 4.90 Å². The van der Waals surface area contributed by atoms with E-state index < -0.39 is 5.92 Å². The van der Waals surface area contributed by atoms with Crippen LogP contribution in [0.1, 0.15) is 25.3 Å². The van der Waals surface area contributed by atoms with Crippen LogP contribution in [-0.4, -0.2) is 19.0 Å². The Balaban J connectivity index is 2.22. The van der Waals surface area contributed by atoms with Gasteiger partial charge in [0.2, 0.25) is 0 Å². The standard InChI is InChI=1S/C13H18F2N2/c1-2-10-4-5-12(11(16)8-10)17-7-3-6-13(14,15)9-17/h4-5,8H,2-3,6-7,9,16H2,1H3. The molecule has 0 amide bonds. The zero-order chi connectivity index (χ0) is 12.5. The highest BCUT2D eigenvalue weighted by Crippen LogP contribution is 2.33. The van der Waals surface area contributed by atoms with Crippen molar-refractivity contribution < 1.29 is 8.78 Å². The molecule has 2 N–H and O–H groups in total. The lowest BCUT2D eigenvalue weighted by Gasteiger charge is -2.34. The summed E-state index contributed by atoms with van der Waals surface area (Å²) in [6.07, 6.45) is 1.40. The molecule has 1 aliphatic heterocycles. The molecule has 0 aromatic heterocycles. The molecule has 0 spiro atoms. The minimum Gasteiger partial charge on any atom is -0.397 e. The van der Waals surface area contributed by atoms with Crippen LogP contribution >= 0.6 is 0 Å². The molecule has 1 heterocycles. The van der Waals surface area contributed by atoms with Crippen molar-refractivity contribution in [3.05, 3.63) is 23.8 Å². The highest BCUT2D eigenvalue weighted by molar-refractivity contribution is 5.68. The topological polar surface area (TPSA) is 29.3 Å². The molecule has 0 atom stereocenters. The summed E-state index contributed by atoms with van der Waals surface area (Å²) in [5.74, 6) is -2.59. The van der Waals surface area contributed by atoms with Crippen molar-refractivity contribution in [2.24, 2.45) is 0 Å². The molecule has 0 radical (unpaired) electrons. The summed E-state index contributed by atoms with van der Waals surface area (Å²) < 4.78 is 26.7. The van der Waals surface area contributed by atoms with E-state index in [9.17, 15) is 8.78 Å². The van der Waals surface area contributed by atoms with E-state index in [2.05, 4.69) is 0 Å². The average molecular weight is 240 g/mol. The molecule has 0 unspecified atom stereocenters. The first kappa shape index (κ1) is 12.1. The van der Waals surface area contributed by atoms with Crippen molar-refractivity contribution in [2.45, 2.75) is 32.1 Å². The summed E-state index contributed by atoms with van der Waals surface area (Å²) in [7, 11) is 0. The summed E-state index contributed by atoms with van der Waals surface area (Å²) >= 11 is 0. The maximum Gasteiger partial charge on any atom is 0.265 e. The number of nitrogens with zero attached hydrogens (tertiary/aromatic N) is 1. The number of hydrogen-bond donors (Lipinski definition) is 1. The van der Waals surface area contributed by atoms with Crippen LogP contribution in [0.5, 0.6) is 0 Å². The number of halogens is 2. The number of benzene rings is 1. The predicted octanol–water partition coefficient (Wildman–Crippen LogP) is 3.07. The summed E-state index contributed by atoms with van der Waals surface area (Å²) in [4.78, 5) is 1.69. The molecule has 4 heteroatoms. The van der Waals surface area contributed by atoms with Crippen LogP contribution in [0.15, 0.2) is 18.2 Å². The largest absolute Gasteiger partial charge is 0.397 e. The van der Waals surface area contributed by atoms with E-state index in [0.29, 0.717) is 18.7 Å². The van der Waals surface area contributed by atoms with Gasteiger partial charge in [-0.2, -0.15) is 0 Å². The van der Waals surface area contributed by atoms with Gasteiger partial charge in [0.05, 0.1) is 17.9 Å². The number of nitrogen functional groups attached to an aromatic ring is 1. The van der Waals surface area contributed by atoms with Gasteiger partial charge in [-0.15, -0.1) is 0 Å². The van der Waals surface area contributed by atoms with Gasteiger partial charge in [-0.3, -0.25) is 0 Å². The van der Waals surface area contributed by atoms with Gasteiger partial charge in [0, 0.05) is 13.0 Å². The second-order valence-electron chi connectivity index (χ2n) is 4.63. The number of anilines is 2. The fourth-order valence-electron chi connectivity index (χ4n) is 2.28. The number of nitrogens with two attached hydrogens (primary N) is 1. The zero-order valence-corrected chi connectivity index (χ0v) is 10.0. The Morgan fingerprint density at radius 2 is 2.18 bits per heavy atom. The lowest BCUT2D eigenvalue weighted by molar-refractivity contribution is -0.0116. The van der Waals surface area contributed by atoms with E-state index in [1.165, 1.54) is 0 Å². The van der Waals surface area contributed by atoms with Crippen LogP contribution in [0.3, 0.4) is 0 Å². The minimum absolute atomic E-state index is 0.0174. The Hall–Kier alpha value is -1.32. The van der Waals surface area contributed by atoms with Crippen molar-refractivity contribution in [3.8, 4) is 0 Å². The van der Waals surface area contributed by atoms with Crippen molar-refractivity contribution in [2.75, 3.05) is 23.7 Å². The molecule has 0 bridgehead atoms. The van der Waals surface area contributed by atoms with Crippen molar-refractivity contribution in [1.29, 1.82) is 0 Å². The lowest BCUT2D eigenvalue weighted by Crippen LogP contribution is -2.42. The first-order chi connectivity index (χ1) is 8.02. The molecule has 17 heavy (non-hydrogen) atoms. The van der Waals surface area contributed by atoms with Crippen LogP contribution in [-0.2, 0) is 6.42 Å². The number of aryl methyl sites for hydroxylation is 1. The normalized spacial score (nSPS) is 19.4. The smallest absolute Gasteiger partial charge is 0.265 e. The first-order valence-electron chi connectivity index (χ1n) is 6.03. The molecule has 0 aliphatic carbocycles. The van der Waals surface area contributed by atoms with Crippen LogP contribution in [0.2, 0.25) is 0 Å². The molecule has 1 fully saturated rings. The third-order valence-electron chi connectivity index (χ3n) is 3.23. The Morgan fingerprint density at radius 1 is 1.41 bits per heavy atom. The van der Waals surface area contributed by atoms with E-state index in [0.717, 1.165) is 17.7 Å². The van der Waals surface area contributed by atoms with Crippen LogP contribution in [0, 0.1) is 0 Å². The SMILES string of the molecule is CCc1ccc(N2CCCC(F)(F)C2)c(N)c1. The van der Waals surface area contributed by atoms with E-state index in [4.69, 9.17) is 5.73 Å². The Bertz CT molecular complexity index is 404. The summed E-state index contributed by atoms with van der Waals surface area (Å²) in [5, 5.41) is 0. The van der Waals surface area contributed by atoms with Gasteiger partial charge in [-0.05, 0) is 30.5 Å². The van der Waals surface area contributed by atoms with Gasteiger partial charge < -0.3 is 10.6 Å². The van der Waals surface area contributed by atoms with E-state index in [1.807, 2.05) is 25.1 Å². The maximum atomic E-state index is 13.3. The average Bonchev–Trinajstić information content (AvgIpc) is 2.27. The monoisotopic (exact) mass is 240 g/mol. The van der Waals surface area contributed by atoms with Crippen molar-refractivity contribution in [3.63, 3.8) is 0 Å². The lowest BCUT2D eigenvalue weighted by atomic mass is 10.0. The second-order valence-corrected chi connectivity index (χ2v) is 4.63. The summed E-state index contributed by atoms with van der Waals surface area (Å²) in [5.41, 5.74) is 8.40. The molecule has 1 saturated heterocycles. The predicted molar refractivity (Wildman–Crippen MR) is 66.6 cm³/mol. The molecule has 0 saturated carbocycles. The highest BCUT2D eigenvalue weighted by Gasteiger charge is 2.35. The fraction of sp³-hybridized carbons (Fsp3) is 0.538. The van der Waals surface area contributed by atoms with Crippen LogP contribution in [0.4, 0.5) is 20.2 Å². The van der Waals surface area contributed by atoms with Gasteiger partial charge in [0.1, 0.15) is 0 Å². The van der Waals surface area contributed by atoms with Gasteiger partial charge in [-0.25, -0.2) is 8.78 Å².